The number of non-ortho nitro benzene ring substituents is 1. The van der Waals surface area contributed by atoms with Crippen molar-refractivity contribution in [2.45, 2.75) is 12.8 Å². The fourth-order valence-electron chi connectivity index (χ4n) is 4.01. The van der Waals surface area contributed by atoms with Gasteiger partial charge in [0.05, 0.1) is 16.5 Å². The number of nitro groups is 1. The summed E-state index contributed by atoms with van der Waals surface area (Å²) in [6.45, 7) is -0.0862. The van der Waals surface area contributed by atoms with Crippen molar-refractivity contribution in [3.8, 4) is 5.75 Å². The van der Waals surface area contributed by atoms with E-state index < -0.39 is 22.7 Å². The Kier molecular flexibility index (Phi) is 4.40. The van der Waals surface area contributed by atoms with E-state index in [4.69, 9.17) is 4.74 Å². The summed E-state index contributed by atoms with van der Waals surface area (Å²) in [6.07, 6.45) is 1.96. The first kappa shape index (κ1) is 18.2. The van der Waals surface area contributed by atoms with Gasteiger partial charge < -0.3 is 14.7 Å². The minimum Gasteiger partial charge on any atom is -0.482 e. The number of carboxylic acid groups (broad SMARTS) is 1. The first-order valence-corrected chi connectivity index (χ1v) is 9.07. The second kappa shape index (κ2) is 6.77. The van der Waals surface area contributed by atoms with Crippen LogP contribution in [0.2, 0.25) is 0 Å². The summed E-state index contributed by atoms with van der Waals surface area (Å²) in [6, 6.07) is 3.88. The number of likely N-dealkylation sites (tertiary alicyclic amines) is 1. The number of carbonyl (C=O) groups is 3. The number of rotatable bonds is 5. The number of anilines is 1. The van der Waals surface area contributed by atoms with E-state index in [1.807, 2.05) is 0 Å². The van der Waals surface area contributed by atoms with E-state index in [9.17, 15) is 29.6 Å². The van der Waals surface area contributed by atoms with E-state index >= 15 is 0 Å². The number of hydrogen-bond donors (Lipinski definition) is 1. The number of nitro benzene ring substituents is 1. The SMILES string of the molecule is O=C(O)[C@H]1CN(C(=O)CN2C(=O)COc3ccc([N+](=O)[O-])cc32)C[C@@H]1C1CC1. The number of ether oxygens (including phenoxy) is 1. The number of fused-ring (bicyclic) bond motifs is 1. The highest BCUT2D eigenvalue weighted by Gasteiger charge is 2.47. The van der Waals surface area contributed by atoms with Gasteiger partial charge in [-0.05, 0) is 30.7 Å². The molecule has 0 spiro atoms. The molecule has 0 radical (unpaired) electrons. The minimum atomic E-state index is -0.907. The Morgan fingerprint density at radius 2 is 2.04 bits per heavy atom. The van der Waals surface area contributed by atoms with Crippen LogP contribution in [0.5, 0.6) is 5.75 Å². The standard InChI is InChI=1S/C18H19N3O7/c22-16(19-6-12(10-1-2-10)13(7-19)18(24)25)8-20-14-5-11(21(26)27)3-4-15(14)28-9-17(20)23/h3-5,10,12-13H,1-2,6-9H2,(H,24,25)/t12-,13+/m1/s1. The maximum absolute atomic E-state index is 12.8. The molecular formula is C18H19N3O7. The third-order valence-corrected chi connectivity index (χ3v) is 5.65. The summed E-state index contributed by atoms with van der Waals surface area (Å²) in [4.78, 5) is 49.8. The van der Waals surface area contributed by atoms with E-state index in [1.165, 1.54) is 28.0 Å². The molecule has 2 heterocycles. The summed E-state index contributed by atoms with van der Waals surface area (Å²) in [5, 5.41) is 20.5. The number of benzene rings is 1. The Hall–Kier alpha value is -3.17. The predicted molar refractivity (Wildman–Crippen MR) is 94.9 cm³/mol. The molecule has 2 atom stereocenters. The van der Waals surface area contributed by atoms with Gasteiger partial charge in [0.2, 0.25) is 5.91 Å². The Labute approximate surface area is 159 Å². The summed E-state index contributed by atoms with van der Waals surface area (Å²) in [5.74, 6) is -1.78. The largest absolute Gasteiger partial charge is 0.482 e. The second-order valence-corrected chi connectivity index (χ2v) is 7.42. The lowest BCUT2D eigenvalue weighted by Gasteiger charge is -2.30. The van der Waals surface area contributed by atoms with Crippen molar-refractivity contribution in [3.63, 3.8) is 0 Å². The van der Waals surface area contributed by atoms with Gasteiger partial charge >= 0.3 is 5.97 Å². The zero-order valence-corrected chi connectivity index (χ0v) is 14.9. The van der Waals surface area contributed by atoms with Gasteiger partial charge in [0.1, 0.15) is 12.3 Å². The van der Waals surface area contributed by atoms with Gasteiger partial charge in [-0.3, -0.25) is 29.4 Å². The van der Waals surface area contributed by atoms with Crippen LogP contribution in [0, 0.1) is 27.9 Å². The molecule has 1 saturated carbocycles. The van der Waals surface area contributed by atoms with Gasteiger partial charge in [0.25, 0.3) is 11.6 Å². The van der Waals surface area contributed by atoms with Gasteiger partial charge in [-0.15, -0.1) is 0 Å². The Balaban J connectivity index is 1.53. The molecular weight excluding hydrogens is 370 g/mol. The molecule has 1 aromatic rings. The van der Waals surface area contributed by atoms with E-state index in [1.54, 1.807) is 0 Å². The maximum atomic E-state index is 12.8. The zero-order chi connectivity index (χ0) is 20.0. The van der Waals surface area contributed by atoms with E-state index in [2.05, 4.69) is 0 Å². The highest BCUT2D eigenvalue weighted by Crippen LogP contribution is 2.44. The van der Waals surface area contributed by atoms with Crippen LogP contribution >= 0.6 is 0 Å². The number of nitrogens with zero attached hydrogens (tertiary/aromatic N) is 3. The zero-order valence-electron chi connectivity index (χ0n) is 14.9. The summed E-state index contributed by atoms with van der Waals surface area (Å²) in [7, 11) is 0. The van der Waals surface area contributed by atoms with Crippen LogP contribution in [0.15, 0.2) is 18.2 Å². The summed E-state index contributed by atoms with van der Waals surface area (Å²) >= 11 is 0. The van der Waals surface area contributed by atoms with Gasteiger partial charge in [-0.1, -0.05) is 0 Å². The van der Waals surface area contributed by atoms with Crippen LogP contribution < -0.4 is 9.64 Å². The molecule has 1 aromatic carbocycles. The van der Waals surface area contributed by atoms with Crippen molar-refractivity contribution in [1.82, 2.24) is 4.90 Å². The summed E-state index contributed by atoms with van der Waals surface area (Å²) < 4.78 is 5.30. The third-order valence-electron chi connectivity index (χ3n) is 5.65. The minimum absolute atomic E-state index is 0.0600. The van der Waals surface area contributed by atoms with Crippen molar-refractivity contribution >= 4 is 29.2 Å². The fraction of sp³-hybridized carbons (Fsp3) is 0.500. The van der Waals surface area contributed by atoms with Gasteiger partial charge in [0, 0.05) is 25.2 Å². The number of carbonyl (C=O) groups excluding carboxylic acids is 2. The van der Waals surface area contributed by atoms with Crippen LogP contribution in [0.3, 0.4) is 0 Å². The molecule has 10 heteroatoms. The average molecular weight is 389 g/mol. The number of amides is 2. The number of aliphatic carboxylic acids is 1. The van der Waals surface area contributed by atoms with Crippen LogP contribution in [0.4, 0.5) is 11.4 Å². The topological polar surface area (TPSA) is 130 Å². The number of hydrogen-bond acceptors (Lipinski definition) is 6. The fourth-order valence-corrected chi connectivity index (χ4v) is 4.01. The lowest BCUT2D eigenvalue weighted by Crippen LogP contribution is -2.46. The molecule has 2 amide bonds. The molecule has 0 bridgehead atoms. The molecule has 3 aliphatic rings. The highest BCUT2D eigenvalue weighted by molar-refractivity contribution is 6.02. The molecule has 1 N–H and O–H groups in total. The van der Waals surface area contributed by atoms with Crippen molar-refractivity contribution in [1.29, 1.82) is 0 Å². The molecule has 10 nitrogen and oxygen atoms in total. The molecule has 1 saturated heterocycles. The normalized spacial score (nSPS) is 23.9. The van der Waals surface area contributed by atoms with Gasteiger partial charge in [-0.2, -0.15) is 0 Å². The van der Waals surface area contributed by atoms with Crippen molar-refractivity contribution in [3.05, 3.63) is 28.3 Å². The molecule has 0 unspecified atom stereocenters. The highest BCUT2D eigenvalue weighted by atomic mass is 16.6. The molecule has 1 aliphatic carbocycles. The molecule has 28 heavy (non-hydrogen) atoms. The summed E-state index contributed by atoms with van der Waals surface area (Å²) in [5.41, 5.74) is -0.0399. The van der Waals surface area contributed by atoms with Crippen LogP contribution in [0.1, 0.15) is 12.8 Å². The van der Waals surface area contributed by atoms with Crippen molar-refractivity contribution in [2.75, 3.05) is 31.1 Å². The lowest BCUT2D eigenvalue weighted by molar-refractivity contribution is -0.384. The first-order chi connectivity index (χ1) is 13.3. The smallest absolute Gasteiger partial charge is 0.308 e. The second-order valence-electron chi connectivity index (χ2n) is 7.42. The lowest BCUT2D eigenvalue weighted by atomic mass is 9.92. The van der Waals surface area contributed by atoms with Crippen molar-refractivity contribution in [2.24, 2.45) is 17.8 Å². The first-order valence-electron chi connectivity index (χ1n) is 9.07. The third kappa shape index (κ3) is 3.25. The Bertz CT molecular complexity index is 867. The van der Waals surface area contributed by atoms with Crippen LogP contribution in [0.25, 0.3) is 0 Å². The molecule has 2 aliphatic heterocycles. The van der Waals surface area contributed by atoms with Crippen molar-refractivity contribution < 1.29 is 29.2 Å². The quantitative estimate of drug-likeness (QED) is 0.584. The van der Waals surface area contributed by atoms with Crippen LogP contribution in [-0.2, 0) is 14.4 Å². The molecule has 0 aromatic heterocycles. The average Bonchev–Trinajstić information content (AvgIpc) is 3.41. The molecule has 148 valence electrons. The predicted octanol–water partition coefficient (Wildman–Crippen LogP) is 0.889. The van der Waals surface area contributed by atoms with Gasteiger partial charge in [0.15, 0.2) is 6.61 Å². The van der Waals surface area contributed by atoms with E-state index in [-0.39, 0.29) is 42.9 Å². The maximum Gasteiger partial charge on any atom is 0.308 e. The molecule has 2 fully saturated rings. The number of carboxylic acids is 1. The Morgan fingerprint density at radius 1 is 1.29 bits per heavy atom. The van der Waals surface area contributed by atoms with Crippen LogP contribution in [-0.4, -0.2) is 59.0 Å². The van der Waals surface area contributed by atoms with E-state index in [0.717, 1.165) is 12.8 Å². The van der Waals surface area contributed by atoms with E-state index in [0.29, 0.717) is 18.2 Å². The monoisotopic (exact) mass is 389 g/mol. The molecule has 4 rings (SSSR count). The van der Waals surface area contributed by atoms with Gasteiger partial charge in [-0.25, -0.2) is 0 Å². The Morgan fingerprint density at radius 3 is 2.68 bits per heavy atom.